The number of aromatic nitrogens is 6. The largest absolute Gasteiger partial charge is 0.453 e. The van der Waals surface area contributed by atoms with Crippen LogP contribution in [0, 0.1) is 0 Å². The maximum absolute atomic E-state index is 11.7. The minimum absolute atomic E-state index is 0.240. The van der Waals surface area contributed by atoms with E-state index in [9.17, 15) is 8.42 Å². The zero-order valence-electron chi connectivity index (χ0n) is 14.1. The lowest BCUT2D eigenvalue weighted by Crippen LogP contribution is -1.96. The molecule has 0 saturated carbocycles. The second-order valence-corrected chi connectivity index (χ2v) is 8.61. The number of H-pyrrole nitrogens is 2. The number of furan rings is 1. The maximum atomic E-state index is 11.7. The molecule has 9 nitrogen and oxygen atoms in total. The maximum Gasteiger partial charge on any atom is 0.209 e. The molecule has 0 amide bonds. The fourth-order valence-electron chi connectivity index (χ4n) is 2.35. The summed E-state index contributed by atoms with van der Waals surface area (Å²) in [5.74, 6) is 2.84. The molecule has 0 unspecified atom stereocenters. The number of benzene rings is 1. The van der Waals surface area contributed by atoms with Crippen LogP contribution in [0.25, 0.3) is 22.9 Å². The molecule has 0 aliphatic heterocycles. The first-order valence-corrected chi connectivity index (χ1v) is 10.7. The van der Waals surface area contributed by atoms with Crippen LogP contribution in [0.5, 0.6) is 0 Å². The Kier molecular flexibility index (Phi) is 4.54. The number of sulfone groups is 1. The molecule has 0 aliphatic carbocycles. The fourth-order valence-corrected chi connectivity index (χ4v) is 3.69. The Hall–Kier alpha value is -2.92. The first-order chi connectivity index (χ1) is 13.0. The molecule has 0 aliphatic rings. The summed E-state index contributed by atoms with van der Waals surface area (Å²) >= 11 is 1.41. The fraction of sp³-hybridized carbons (Fsp3) is 0.125. The van der Waals surface area contributed by atoms with Crippen LogP contribution >= 0.6 is 11.8 Å². The molecule has 4 aromatic rings. The van der Waals surface area contributed by atoms with Crippen LogP contribution in [0.4, 0.5) is 0 Å². The Morgan fingerprint density at radius 1 is 1.15 bits per heavy atom. The minimum atomic E-state index is -3.29. The molecule has 138 valence electrons. The summed E-state index contributed by atoms with van der Waals surface area (Å²) in [6.07, 6.45) is 2.62. The third-order valence-electron chi connectivity index (χ3n) is 3.65. The van der Waals surface area contributed by atoms with Crippen molar-refractivity contribution >= 4 is 21.6 Å². The number of thioether (sulfide) groups is 1. The van der Waals surface area contributed by atoms with Crippen LogP contribution in [0.1, 0.15) is 5.82 Å². The van der Waals surface area contributed by atoms with Crippen molar-refractivity contribution in [1.29, 1.82) is 0 Å². The predicted octanol–water partition coefficient (Wildman–Crippen LogP) is 2.55. The SMILES string of the molecule is CS(=O)(=O)c1cccc(-c2ccc(-c3nc(SCc4ncn[nH]4)n[nH]3)o2)c1. The summed E-state index contributed by atoms with van der Waals surface area (Å²) in [6, 6.07) is 10.1. The summed E-state index contributed by atoms with van der Waals surface area (Å²) in [6.45, 7) is 0. The molecule has 0 fully saturated rings. The smallest absolute Gasteiger partial charge is 0.209 e. The Morgan fingerprint density at radius 2 is 2.00 bits per heavy atom. The quantitative estimate of drug-likeness (QED) is 0.471. The number of nitrogens with one attached hydrogen (secondary N) is 2. The number of aromatic amines is 2. The third kappa shape index (κ3) is 3.93. The van der Waals surface area contributed by atoms with Gasteiger partial charge in [-0.15, -0.1) is 5.10 Å². The Balaban J connectivity index is 1.53. The third-order valence-corrected chi connectivity index (χ3v) is 5.62. The van der Waals surface area contributed by atoms with Gasteiger partial charge in [0.15, 0.2) is 21.4 Å². The molecule has 0 bridgehead atoms. The number of rotatable bonds is 6. The van der Waals surface area contributed by atoms with Gasteiger partial charge in [-0.3, -0.25) is 10.2 Å². The predicted molar refractivity (Wildman–Crippen MR) is 98.6 cm³/mol. The first-order valence-electron chi connectivity index (χ1n) is 7.79. The first kappa shape index (κ1) is 17.5. The molecular weight excluding hydrogens is 388 g/mol. The van der Waals surface area contributed by atoms with Crippen LogP contribution in [-0.2, 0) is 15.6 Å². The molecule has 3 heterocycles. The highest BCUT2D eigenvalue weighted by atomic mass is 32.2. The molecule has 1 aromatic carbocycles. The standard InChI is InChI=1S/C16H14N6O3S2/c1-27(23,24)11-4-2-3-10(7-11)12-5-6-13(25-12)15-19-16(22-21-15)26-8-14-17-9-18-20-14/h2-7,9H,8H2,1H3,(H,17,18,20)(H,19,21,22). The molecule has 0 saturated heterocycles. The lowest BCUT2D eigenvalue weighted by molar-refractivity contribution is 0.591. The topological polar surface area (TPSA) is 130 Å². The van der Waals surface area contributed by atoms with Crippen LogP contribution in [-0.4, -0.2) is 45.0 Å². The van der Waals surface area contributed by atoms with Gasteiger partial charge in [-0.05, 0) is 24.3 Å². The van der Waals surface area contributed by atoms with E-state index in [4.69, 9.17) is 4.42 Å². The summed E-state index contributed by atoms with van der Waals surface area (Å²) in [5.41, 5.74) is 0.670. The normalized spacial score (nSPS) is 11.7. The van der Waals surface area contributed by atoms with Crippen LogP contribution < -0.4 is 0 Å². The van der Waals surface area contributed by atoms with Gasteiger partial charge < -0.3 is 4.42 Å². The van der Waals surface area contributed by atoms with Crippen molar-refractivity contribution in [2.24, 2.45) is 0 Å². The Labute approximate surface area is 158 Å². The molecule has 2 N–H and O–H groups in total. The average Bonchev–Trinajstić information content (AvgIpc) is 3.39. The molecule has 3 aromatic heterocycles. The van der Waals surface area contributed by atoms with Gasteiger partial charge in [0, 0.05) is 11.8 Å². The van der Waals surface area contributed by atoms with E-state index in [2.05, 4.69) is 30.4 Å². The van der Waals surface area contributed by atoms with E-state index >= 15 is 0 Å². The molecule has 4 rings (SSSR count). The minimum Gasteiger partial charge on any atom is -0.453 e. The zero-order chi connectivity index (χ0) is 18.9. The molecule has 0 spiro atoms. The van der Waals surface area contributed by atoms with Gasteiger partial charge in [0.05, 0.1) is 10.6 Å². The van der Waals surface area contributed by atoms with E-state index in [0.717, 1.165) is 5.82 Å². The highest BCUT2D eigenvalue weighted by Gasteiger charge is 2.14. The number of hydrogen-bond donors (Lipinski definition) is 2. The van der Waals surface area contributed by atoms with E-state index in [1.807, 2.05) is 0 Å². The van der Waals surface area contributed by atoms with Crippen LogP contribution in [0.2, 0.25) is 0 Å². The van der Waals surface area contributed by atoms with Gasteiger partial charge in [0.2, 0.25) is 5.16 Å². The summed E-state index contributed by atoms with van der Waals surface area (Å²) < 4.78 is 29.3. The Morgan fingerprint density at radius 3 is 2.78 bits per heavy atom. The van der Waals surface area contributed by atoms with Gasteiger partial charge in [0.25, 0.3) is 0 Å². The van der Waals surface area contributed by atoms with E-state index in [-0.39, 0.29) is 4.90 Å². The summed E-state index contributed by atoms with van der Waals surface area (Å²) in [5, 5.41) is 14.1. The van der Waals surface area contributed by atoms with E-state index < -0.39 is 9.84 Å². The highest BCUT2D eigenvalue weighted by molar-refractivity contribution is 7.98. The highest BCUT2D eigenvalue weighted by Crippen LogP contribution is 2.29. The second kappa shape index (κ2) is 7.00. The summed E-state index contributed by atoms with van der Waals surface area (Å²) in [7, 11) is -3.29. The average molecular weight is 402 g/mol. The lowest BCUT2D eigenvalue weighted by Gasteiger charge is -2.01. The van der Waals surface area contributed by atoms with E-state index in [1.54, 1.807) is 36.4 Å². The number of hydrogen-bond acceptors (Lipinski definition) is 8. The van der Waals surface area contributed by atoms with Crippen molar-refractivity contribution in [2.75, 3.05) is 6.26 Å². The van der Waals surface area contributed by atoms with Crippen molar-refractivity contribution in [2.45, 2.75) is 15.8 Å². The van der Waals surface area contributed by atoms with E-state index in [1.165, 1.54) is 24.3 Å². The van der Waals surface area contributed by atoms with Crippen molar-refractivity contribution in [3.8, 4) is 22.9 Å². The molecule has 0 radical (unpaired) electrons. The van der Waals surface area contributed by atoms with Crippen molar-refractivity contribution in [3.05, 3.63) is 48.5 Å². The van der Waals surface area contributed by atoms with Crippen molar-refractivity contribution in [1.82, 2.24) is 30.4 Å². The molecule has 11 heteroatoms. The number of nitrogens with zero attached hydrogens (tertiary/aromatic N) is 4. The lowest BCUT2D eigenvalue weighted by atomic mass is 10.2. The summed E-state index contributed by atoms with van der Waals surface area (Å²) in [4.78, 5) is 8.67. The van der Waals surface area contributed by atoms with E-state index in [0.29, 0.717) is 33.8 Å². The van der Waals surface area contributed by atoms with Gasteiger partial charge in [0.1, 0.15) is 17.9 Å². The van der Waals surface area contributed by atoms with Crippen LogP contribution in [0.15, 0.2) is 57.2 Å². The van der Waals surface area contributed by atoms with Gasteiger partial charge in [-0.1, -0.05) is 23.9 Å². The zero-order valence-corrected chi connectivity index (χ0v) is 15.7. The van der Waals surface area contributed by atoms with Gasteiger partial charge >= 0.3 is 0 Å². The molecule has 27 heavy (non-hydrogen) atoms. The van der Waals surface area contributed by atoms with Crippen molar-refractivity contribution < 1.29 is 12.8 Å². The van der Waals surface area contributed by atoms with Gasteiger partial charge in [-0.2, -0.15) is 10.1 Å². The second-order valence-electron chi connectivity index (χ2n) is 5.65. The van der Waals surface area contributed by atoms with Gasteiger partial charge in [-0.25, -0.2) is 13.4 Å². The van der Waals surface area contributed by atoms with Crippen molar-refractivity contribution in [3.63, 3.8) is 0 Å². The Bertz CT molecular complexity index is 1160. The monoisotopic (exact) mass is 402 g/mol. The van der Waals surface area contributed by atoms with Crippen LogP contribution in [0.3, 0.4) is 0 Å². The molecular formula is C16H14N6O3S2. The molecule has 0 atom stereocenters.